The third-order valence-corrected chi connectivity index (χ3v) is 7.05. The third-order valence-electron chi connectivity index (χ3n) is 6.62. The van der Waals surface area contributed by atoms with Gasteiger partial charge in [0.15, 0.2) is 0 Å². The van der Waals surface area contributed by atoms with Crippen molar-refractivity contribution >= 4 is 27.2 Å². The molecule has 0 radical (unpaired) electrons. The van der Waals surface area contributed by atoms with Crippen molar-refractivity contribution in [2.75, 3.05) is 14.1 Å². The zero-order valence-electron chi connectivity index (χ0n) is 21.7. The SMILES string of the molecule is CN(C)Cc1cccc2c1CCC2NC(=O)CC(N=S(=O)=O)c1ccccc1.c1ccc2ccccc2c1. The monoisotopic (exact) mass is 527 g/mol. The van der Waals surface area contributed by atoms with Crippen LogP contribution >= 0.6 is 0 Å². The molecule has 5 rings (SSSR count). The smallest absolute Gasteiger partial charge is 0.311 e. The Kier molecular flexibility index (Phi) is 9.40. The summed E-state index contributed by atoms with van der Waals surface area (Å²) in [6.07, 6.45) is 1.79. The molecular weight excluding hydrogens is 494 g/mol. The molecule has 0 saturated heterocycles. The summed E-state index contributed by atoms with van der Waals surface area (Å²) < 4.78 is 25.9. The largest absolute Gasteiger partial charge is 0.349 e. The normalized spacial score (nSPS) is 14.8. The van der Waals surface area contributed by atoms with Crippen LogP contribution in [0.15, 0.2) is 101 Å². The van der Waals surface area contributed by atoms with Gasteiger partial charge in [-0.25, -0.2) is 0 Å². The Hall–Kier alpha value is -3.81. The average molecular weight is 528 g/mol. The first-order valence-corrected chi connectivity index (χ1v) is 13.8. The van der Waals surface area contributed by atoms with E-state index in [2.05, 4.69) is 75.2 Å². The molecule has 38 heavy (non-hydrogen) atoms. The van der Waals surface area contributed by atoms with Crippen molar-refractivity contribution in [3.8, 4) is 0 Å². The minimum Gasteiger partial charge on any atom is -0.349 e. The van der Waals surface area contributed by atoms with Crippen molar-refractivity contribution in [2.24, 2.45) is 4.36 Å². The summed E-state index contributed by atoms with van der Waals surface area (Å²) in [5.74, 6) is -0.195. The Morgan fingerprint density at radius 2 is 1.50 bits per heavy atom. The fraction of sp³-hybridized carbons (Fsp3) is 0.258. The summed E-state index contributed by atoms with van der Waals surface area (Å²) in [6, 6.07) is 31.2. The molecule has 0 fully saturated rings. The van der Waals surface area contributed by atoms with Crippen LogP contribution in [0.5, 0.6) is 0 Å². The number of fused-ring (bicyclic) bond motifs is 2. The first-order chi connectivity index (χ1) is 18.4. The van der Waals surface area contributed by atoms with Crippen molar-refractivity contribution < 1.29 is 13.2 Å². The lowest BCUT2D eigenvalue weighted by Gasteiger charge is -2.18. The second-order valence-electron chi connectivity index (χ2n) is 9.68. The lowest BCUT2D eigenvalue weighted by Crippen LogP contribution is -2.28. The highest BCUT2D eigenvalue weighted by molar-refractivity contribution is 7.61. The van der Waals surface area contributed by atoms with Crippen LogP contribution in [0.1, 0.15) is 47.2 Å². The Morgan fingerprint density at radius 1 is 0.895 bits per heavy atom. The molecule has 4 aromatic carbocycles. The summed E-state index contributed by atoms with van der Waals surface area (Å²) >= 11 is 0. The fourth-order valence-corrected chi connectivity index (χ4v) is 5.33. The van der Waals surface area contributed by atoms with Gasteiger partial charge in [0.25, 0.3) is 0 Å². The Bertz CT molecular complexity index is 1440. The van der Waals surface area contributed by atoms with Crippen molar-refractivity contribution in [1.82, 2.24) is 10.2 Å². The van der Waals surface area contributed by atoms with E-state index in [1.807, 2.05) is 38.4 Å². The first-order valence-electron chi connectivity index (χ1n) is 12.7. The van der Waals surface area contributed by atoms with Crippen LogP contribution in [0, 0.1) is 0 Å². The maximum Gasteiger partial charge on any atom is 0.311 e. The second-order valence-corrected chi connectivity index (χ2v) is 10.3. The third kappa shape index (κ3) is 7.37. The highest BCUT2D eigenvalue weighted by atomic mass is 32.2. The van der Waals surface area contributed by atoms with E-state index < -0.39 is 16.5 Å². The van der Waals surface area contributed by atoms with E-state index in [-0.39, 0.29) is 18.4 Å². The molecule has 1 aliphatic carbocycles. The van der Waals surface area contributed by atoms with E-state index >= 15 is 0 Å². The Morgan fingerprint density at radius 3 is 2.08 bits per heavy atom. The summed E-state index contributed by atoms with van der Waals surface area (Å²) in [5.41, 5.74) is 4.47. The molecule has 0 saturated carbocycles. The van der Waals surface area contributed by atoms with Gasteiger partial charge in [-0.2, -0.15) is 12.8 Å². The molecule has 196 valence electrons. The van der Waals surface area contributed by atoms with Crippen LogP contribution in [0.4, 0.5) is 0 Å². The molecule has 1 amide bonds. The highest BCUT2D eigenvalue weighted by Gasteiger charge is 2.27. The van der Waals surface area contributed by atoms with E-state index in [0.717, 1.165) is 24.9 Å². The molecule has 1 N–H and O–H groups in total. The molecule has 0 bridgehead atoms. The molecule has 7 heteroatoms. The molecule has 2 atom stereocenters. The first kappa shape index (κ1) is 27.2. The van der Waals surface area contributed by atoms with Gasteiger partial charge in [-0.05, 0) is 60.0 Å². The zero-order valence-corrected chi connectivity index (χ0v) is 22.6. The molecule has 2 unspecified atom stereocenters. The topological polar surface area (TPSA) is 78.8 Å². The van der Waals surface area contributed by atoms with Gasteiger partial charge in [-0.1, -0.05) is 97.1 Å². The molecule has 6 nitrogen and oxygen atoms in total. The molecule has 1 aliphatic rings. The summed E-state index contributed by atoms with van der Waals surface area (Å²) in [7, 11) is 1.51. The molecular formula is C31H33N3O3S. The van der Waals surface area contributed by atoms with Crippen LogP contribution in [0.2, 0.25) is 0 Å². The maximum atomic E-state index is 12.7. The predicted molar refractivity (Wildman–Crippen MR) is 152 cm³/mol. The zero-order chi connectivity index (χ0) is 26.9. The van der Waals surface area contributed by atoms with E-state index in [1.54, 1.807) is 12.1 Å². The van der Waals surface area contributed by atoms with Gasteiger partial charge in [0.05, 0.1) is 12.5 Å². The molecule has 0 aliphatic heterocycles. The lowest BCUT2D eigenvalue weighted by atomic mass is 10.0. The molecule has 4 aromatic rings. The maximum absolute atomic E-state index is 12.7. The van der Waals surface area contributed by atoms with Crippen LogP contribution in [-0.2, 0) is 28.3 Å². The second kappa shape index (κ2) is 13.1. The van der Waals surface area contributed by atoms with Crippen molar-refractivity contribution in [2.45, 2.75) is 37.9 Å². The quantitative estimate of drug-likeness (QED) is 0.325. The number of carbonyl (C=O) groups excluding carboxylic acids is 1. The van der Waals surface area contributed by atoms with Crippen LogP contribution < -0.4 is 5.32 Å². The van der Waals surface area contributed by atoms with Crippen molar-refractivity contribution in [3.05, 3.63) is 119 Å². The highest BCUT2D eigenvalue weighted by Crippen LogP contribution is 2.34. The summed E-state index contributed by atoms with van der Waals surface area (Å²) in [6.45, 7) is 0.869. The van der Waals surface area contributed by atoms with Crippen LogP contribution in [0.25, 0.3) is 10.8 Å². The average Bonchev–Trinajstić information content (AvgIpc) is 3.32. The number of nitrogens with zero attached hydrogens (tertiary/aromatic N) is 2. The Labute approximate surface area is 226 Å². The minimum atomic E-state index is -2.57. The Balaban J connectivity index is 0.000000278. The molecule has 0 aromatic heterocycles. The fourth-order valence-electron chi connectivity index (χ4n) is 4.93. The summed E-state index contributed by atoms with van der Waals surface area (Å²) in [4.78, 5) is 14.8. The van der Waals surface area contributed by atoms with E-state index in [4.69, 9.17) is 0 Å². The number of carbonyl (C=O) groups is 1. The minimum absolute atomic E-state index is 0.00121. The number of amides is 1. The van der Waals surface area contributed by atoms with Gasteiger partial charge in [0.2, 0.25) is 5.91 Å². The number of hydrogen-bond donors (Lipinski definition) is 1. The lowest BCUT2D eigenvalue weighted by molar-refractivity contribution is -0.122. The van der Waals surface area contributed by atoms with Gasteiger partial charge in [0, 0.05) is 6.54 Å². The number of nitrogens with one attached hydrogen (secondary N) is 1. The van der Waals surface area contributed by atoms with Gasteiger partial charge < -0.3 is 10.2 Å². The molecule has 0 heterocycles. The van der Waals surface area contributed by atoms with Crippen molar-refractivity contribution in [1.29, 1.82) is 0 Å². The number of benzene rings is 4. The predicted octanol–water partition coefficient (Wildman–Crippen LogP) is 5.89. The van der Waals surface area contributed by atoms with E-state index in [1.165, 1.54) is 21.9 Å². The standard InChI is InChI=1S/C21H25N3O3S.C10H8/c1-24(2)14-16-9-6-10-18-17(16)11-12-19(18)22-21(25)13-20(23-28(26)27)15-7-4-3-5-8-15;1-2-6-10-8-4-3-7-9(10)5-1/h3-10,19-20H,11-14H2,1-2H3,(H,22,25);1-8H. The van der Waals surface area contributed by atoms with Gasteiger partial charge in [-0.3, -0.25) is 4.79 Å². The number of hydrogen-bond acceptors (Lipinski definition) is 5. The van der Waals surface area contributed by atoms with Crippen LogP contribution in [0.3, 0.4) is 0 Å². The summed E-state index contributed by atoms with van der Waals surface area (Å²) in [5, 5.41) is 5.70. The van der Waals surface area contributed by atoms with E-state index in [9.17, 15) is 13.2 Å². The van der Waals surface area contributed by atoms with Gasteiger partial charge in [-0.15, -0.1) is 0 Å². The van der Waals surface area contributed by atoms with E-state index in [0.29, 0.717) is 5.56 Å². The van der Waals surface area contributed by atoms with Gasteiger partial charge >= 0.3 is 10.5 Å². The number of rotatable bonds is 7. The van der Waals surface area contributed by atoms with Crippen LogP contribution in [-0.4, -0.2) is 33.3 Å². The molecule has 0 spiro atoms. The van der Waals surface area contributed by atoms with Gasteiger partial charge in [0.1, 0.15) is 6.04 Å². The van der Waals surface area contributed by atoms with Crippen molar-refractivity contribution in [3.63, 3.8) is 0 Å².